The normalized spacial score (nSPS) is 13.8. The van der Waals surface area contributed by atoms with Gasteiger partial charge in [0.1, 0.15) is 0 Å². The van der Waals surface area contributed by atoms with Gasteiger partial charge in [0.25, 0.3) is 0 Å². The number of rotatable bonds is 4. The second-order valence-corrected chi connectivity index (χ2v) is 35.6. The molecule has 0 saturated carbocycles. The molecule has 0 bridgehead atoms. The van der Waals surface area contributed by atoms with Gasteiger partial charge < -0.3 is 0 Å². The van der Waals surface area contributed by atoms with Crippen molar-refractivity contribution in [3.8, 4) is 0 Å². The predicted molar refractivity (Wildman–Crippen MR) is 188 cm³/mol. The number of hydrogen-bond acceptors (Lipinski definition) is 0. The van der Waals surface area contributed by atoms with Crippen LogP contribution < -0.4 is 20.7 Å². The van der Waals surface area contributed by atoms with Gasteiger partial charge in [0, 0.05) is 0 Å². The Balaban J connectivity index is 2.06. The molecular weight excluding hydrogens is 521 g/mol. The summed E-state index contributed by atoms with van der Waals surface area (Å²) >= 11 is 0. The van der Waals surface area contributed by atoms with Crippen molar-refractivity contribution in [3.63, 3.8) is 0 Å². The molecule has 0 spiro atoms. The van der Waals surface area contributed by atoms with E-state index in [2.05, 4.69) is 139 Å². The molecule has 38 heavy (non-hydrogen) atoms. The Hall–Kier alpha value is -1.99. The molecule has 0 aliphatic rings. The highest BCUT2D eigenvalue weighted by atomic mass is 28.3. The Kier molecular flexibility index (Phi) is 6.35. The van der Waals surface area contributed by atoms with Crippen molar-refractivity contribution in [2.45, 2.75) is 78.6 Å². The van der Waals surface area contributed by atoms with Gasteiger partial charge in [-0.05, 0) is 79.5 Å². The summed E-state index contributed by atoms with van der Waals surface area (Å²) in [5.74, 6) is 0. The van der Waals surface area contributed by atoms with Crippen LogP contribution in [0.5, 0.6) is 0 Å². The van der Waals surface area contributed by atoms with E-state index in [-0.39, 0.29) is 0 Å². The fourth-order valence-corrected chi connectivity index (χ4v) is 21.0. The van der Waals surface area contributed by atoms with Gasteiger partial charge in [0.15, 0.2) is 0 Å². The quantitative estimate of drug-likeness (QED) is 0.151. The van der Waals surface area contributed by atoms with Crippen molar-refractivity contribution in [3.05, 3.63) is 60.7 Å². The van der Waals surface area contributed by atoms with Gasteiger partial charge in [-0.25, -0.2) is 0 Å². The predicted octanol–water partition coefficient (Wildman–Crippen LogP) is 8.48. The van der Waals surface area contributed by atoms with Crippen LogP contribution in [0.3, 0.4) is 0 Å². The monoisotopic (exact) mass is 566 g/mol. The van der Waals surface area contributed by atoms with Gasteiger partial charge >= 0.3 is 0 Å². The number of hydrogen-bond donors (Lipinski definition) is 0. The molecular formula is C34H46Si4. The van der Waals surface area contributed by atoms with E-state index in [1.54, 1.807) is 21.1 Å². The molecule has 0 N–H and O–H groups in total. The Morgan fingerprint density at radius 2 is 0.579 bits per heavy atom. The van der Waals surface area contributed by atoms with Crippen LogP contribution >= 0.6 is 0 Å². The lowest BCUT2D eigenvalue weighted by atomic mass is 9.97. The molecule has 5 rings (SSSR count). The lowest BCUT2D eigenvalue weighted by molar-refractivity contribution is 1.67. The van der Waals surface area contributed by atoms with Crippen LogP contribution in [0.4, 0.5) is 0 Å². The highest BCUT2D eigenvalue weighted by Crippen LogP contribution is 2.31. The molecule has 0 nitrogen and oxygen atoms in total. The Morgan fingerprint density at radius 3 is 0.868 bits per heavy atom. The summed E-state index contributed by atoms with van der Waals surface area (Å²) in [7, 11) is -6.54. The molecule has 0 saturated heterocycles. The van der Waals surface area contributed by atoms with E-state index in [0.29, 0.717) is 0 Å². The highest BCUT2D eigenvalue weighted by molar-refractivity contribution is 7.08. The van der Waals surface area contributed by atoms with E-state index in [1.807, 2.05) is 10.4 Å². The van der Waals surface area contributed by atoms with E-state index < -0.39 is 32.3 Å². The lowest BCUT2D eigenvalue weighted by Gasteiger charge is -2.40. The van der Waals surface area contributed by atoms with Gasteiger partial charge in [-0.1, -0.05) is 124 Å². The highest BCUT2D eigenvalue weighted by Gasteiger charge is 2.40. The average molecular weight is 567 g/mol. The SMILES string of the molecule is C[Si](C)(C)c1c([Si](C)(C)C)c([Si](C)(C)C)c2cc3cc4cc5ccccc5cc4cc3cc2c1[Si](C)(C)C. The Morgan fingerprint density at radius 1 is 0.316 bits per heavy atom. The van der Waals surface area contributed by atoms with E-state index in [0.717, 1.165) is 0 Å². The standard InChI is InChI=1S/C34H46Si4/c1-35(2,3)31-29-21-27-19-25-17-23-15-13-14-16-24(23)18-26(25)20-28(27)22-30(29)32(36(4,5)6)34(38(10,11)12)33(31)37(7,8)9/h13-22H,1-12H3. The first kappa shape index (κ1) is 27.6. The maximum Gasteiger partial charge on any atom is 0.0782 e. The summed E-state index contributed by atoms with van der Waals surface area (Å²) in [6.07, 6.45) is 0. The van der Waals surface area contributed by atoms with Crippen LogP contribution in [0.2, 0.25) is 78.6 Å². The van der Waals surface area contributed by atoms with Crippen molar-refractivity contribution >= 4 is 96.1 Å². The third-order valence-corrected chi connectivity index (χ3v) is 16.9. The largest absolute Gasteiger partial charge is 0.0782 e. The molecule has 0 amide bonds. The molecule has 0 aromatic heterocycles. The van der Waals surface area contributed by atoms with Gasteiger partial charge in [0.05, 0.1) is 32.3 Å². The third kappa shape index (κ3) is 4.68. The summed E-state index contributed by atoms with van der Waals surface area (Å²) < 4.78 is 0. The number of benzene rings is 5. The molecule has 4 heteroatoms. The molecule has 0 unspecified atom stereocenters. The van der Waals surface area contributed by atoms with E-state index in [9.17, 15) is 0 Å². The minimum Gasteiger partial charge on any atom is -0.0656 e. The second-order valence-electron chi connectivity index (χ2n) is 15.6. The first-order valence-electron chi connectivity index (χ1n) is 14.3. The van der Waals surface area contributed by atoms with Crippen molar-refractivity contribution in [1.29, 1.82) is 0 Å². The molecule has 5 aromatic carbocycles. The summed E-state index contributed by atoms with van der Waals surface area (Å²) in [6, 6.07) is 23.7. The fourth-order valence-electron chi connectivity index (χ4n) is 6.73. The molecule has 0 atom stereocenters. The summed E-state index contributed by atoms with van der Waals surface area (Å²) in [4.78, 5) is 0. The third-order valence-electron chi connectivity index (χ3n) is 8.09. The molecule has 198 valence electrons. The molecule has 5 aromatic rings. The summed E-state index contributed by atoms with van der Waals surface area (Å²) in [6.45, 7) is 31.2. The van der Waals surface area contributed by atoms with Crippen LogP contribution in [0.1, 0.15) is 0 Å². The van der Waals surface area contributed by atoms with Crippen molar-refractivity contribution in [2.75, 3.05) is 0 Å². The van der Waals surface area contributed by atoms with Crippen LogP contribution in [0.15, 0.2) is 60.7 Å². The maximum atomic E-state index is 2.61. The van der Waals surface area contributed by atoms with E-state index >= 15 is 0 Å². The Bertz CT molecular complexity index is 1610. The zero-order valence-electron chi connectivity index (χ0n) is 25.8. The van der Waals surface area contributed by atoms with Crippen molar-refractivity contribution in [1.82, 2.24) is 0 Å². The number of fused-ring (bicyclic) bond motifs is 4. The fraction of sp³-hybridized carbons (Fsp3) is 0.353. The van der Waals surface area contributed by atoms with Crippen LogP contribution in [0.25, 0.3) is 43.1 Å². The minimum absolute atomic E-state index is 1.32. The first-order valence-corrected chi connectivity index (χ1v) is 28.3. The smallest absolute Gasteiger partial charge is 0.0656 e. The second kappa shape index (κ2) is 8.75. The van der Waals surface area contributed by atoms with Gasteiger partial charge in [-0.3, -0.25) is 0 Å². The molecule has 0 heterocycles. The molecule has 0 aliphatic carbocycles. The lowest BCUT2D eigenvalue weighted by Crippen LogP contribution is -2.73. The zero-order chi connectivity index (χ0) is 28.0. The van der Waals surface area contributed by atoms with Gasteiger partial charge in [-0.15, -0.1) is 0 Å². The molecule has 0 fully saturated rings. The topological polar surface area (TPSA) is 0 Å². The van der Waals surface area contributed by atoms with Crippen LogP contribution in [-0.2, 0) is 0 Å². The van der Waals surface area contributed by atoms with Crippen molar-refractivity contribution in [2.24, 2.45) is 0 Å². The maximum absolute atomic E-state index is 2.61. The van der Waals surface area contributed by atoms with Crippen molar-refractivity contribution < 1.29 is 0 Å². The van der Waals surface area contributed by atoms with Crippen LogP contribution in [0, 0.1) is 0 Å². The summed E-state index contributed by atoms with van der Waals surface area (Å²) in [5.41, 5.74) is 0. The molecule has 0 aliphatic heterocycles. The van der Waals surface area contributed by atoms with E-state index in [1.165, 1.54) is 32.3 Å². The Labute approximate surface area is 234 Å². The van der Waals surface area contributed by atoms with Crippen LogP contribution in [-0.4, -0.2) is 32.3 Å². The summed E-state index contributed by atoms with van der Waals surface area (Å²) in [5, 5.41) is 18.5. The van der Waals surface area contributed by atoms with Gasteiger partial charge in [-0.2, -0.15) is 0 Å². The molecule has 0 radical (unpaired) electrons. The first-order chi connectivity index (χ1) is 17.4. The zero-order valence-corrected chi connectivity index (χ0v) is 29.8. The van der Waals surface area contributed by atoms with E-state index in [4.69, 9.17) is 0 Å². The minimum atomic E-state index is -1.65. The van der Waals surface area contributed by atoms with Gasteiger partial charge in [0.2, 0.25) is 0 Å². The average Bonchev–Trinajstić information content (AvgIpc) is 2.75.